The molecule has 1 aromatic heterocycles. The Hall–Kier alpha value is -1.00. The van der Waals surface area contributed by atoms with Gasteiger partial charge in [0.25, 0.3) is 0 Å². The van der Waals surface area contributed by atoms with Crippen LogP contribution in [0.1, 0.15) is 25.1 Å². The Morgan fingerprint density at radius 3 is 2.93 bits per heavy atom. The highest BCUT2D eigenvalue weighted by Crippen LogP contribution is 2.07. The lowest BCUT2D eigenvalue weighted by molar-refractivity contribution is 0.165. The predicted octanol–water partition coefficient (Wildman–Crippen LogP) is 1.16. The molecule has 0 amide bonds. The zero-order chi connectivity index (χ0) is 10.2. The molecular formula is C10H17N3O. The summed E-state index contributed by atoms with van der Waals surface area (Å²) < 4.78 is 5.13. The largest absolute Gasteiger partial charge is 0.383 e. The maximum atomic E-state index is 5.13. The van der Waals surface area contributed by atoms with Crippen molar-refractivity contribution in [3.63, 3.8) is 0 Å². The van der Waals surface area contributed by atoms with E-state index in [0.717, 1.165) is 18.7 Å². The Labute approximate surface area is 84.7 Å². The van der Waals surface area contributed by atoms with Gasteiger partial charge in [0.05, 0.1) is 24.5 Å². The fourth-order valence-corrected chi connectivity index (χ4v) is 1.22. The molecule has 1 atom stereocenters. The van der Waals surface area contributed by atoms with E-state index in [4.69, 9.17) is 4.74 Å². The van der Waals surface area contributed by atoms with Gasteiger partial charge in [0.2, 0.25) is 0 Å². The average molecular weight is 195 g/mol. The minimum Gasteiger partial charge on any atom is -0.383 e. The third-order valence-electron chi connectivity index (χ3n) is 1.91. The van der Waals surface area contributed by atoms with E-state index in [1.54, 1.807) is 25.7 Å². The third kappa shape index (κ3) is 3.40. The molecule has 0 aliphatic heterocycles. The number of nitrogens with one attached hydrogen (secondary N) is 1. The van der Waals surface area contributed by atoms with Crippen LogP contribution in [0, 0.1) is 0 Å². The normalized spacial score (nSPS) is 12.7. The number of hydrogen-bond donors (Lipinski definition) is 1. The molecule has 1 rings (SSSR count). The molecule has 0 radical (unpaired) electrons. The first kappa shape index (κ1) is 11.1. The minimum atomic E-state index is 0.147. The third-order valence-corrected chi connectivity index (χ3v) is 1.91. The van der Waals surface area contributed by atoms with E-state index >= 15 is 0 Å². The summed E-state index contributed by atoms with van der Waals surface area (Å²) in [5.41, 5.74) is 0.933. The average Bonchev–Trinajstić information content (AvgIpc) is 2.25. The first-order valence-corrected chi connectivity index (χ1v) is 4.86. The van der Waals surface area contributed by atoms with Crippen molar-refractivity contribution in [2.75, 3.05) is 20.3 Å². The summed E-state index contributed by atoms with van der Waals surface area (Å²) in [6.45, 7) is 3.72. The smallest absolute Gasteiger partial charge is 0.0779 e. The van der Waals surface area contributed by atoms with Gasteiger partial charge in [-0.15, -0.1) is 0 Å². The molecule has 1 heterocycles. The first-order chi connectivity index (χ1) is 6.88. The van der Waals surface area contributed by atoms with Gasteiger partial charge in [-0.05, 0) is 13.0 Å². The first-order valence-electron chi connectivity index (χ1n) is 4.86. The molecule has 0 saturated heterocycles. The van der Waals surface area contributed by atoms with E-state index in [2.05, 4.69) is 22.2 Å². The zero-order valence-corrected chi connectivity index (χ0v) is 8.73. The van der Waals surface area contributed by atoms with Crippen LogP contribution in [0.25, 0.3) is 0 Å². The van der Waals surface area contributed by atoms with Crippen molar-refractivity contribution < 1.29 is 4.74 Å². The Bertz CT molecular complexity index is 240. The summed E-state index contributed by atoms with van der Waals surface area (Å²) in [6.07, 6.45) is 6.24. The molecule has 0 spiro atoms. The van der Waals surface area contributed by atoms with Crippen LogP contribution >= 0.6 is 0 Å². The van der Waals surface area contributed by atoms with Gasteiger partial charge in [-0.2, -0.15) is 0 Å². The number of methoxy groups -OCH3 is 1. The summed E-state index contributed by atoms with van der Waals surface area (Å²) in [6, 6.07) is 0.147. The Morgan fingerprint density at radius 2 is 2.36 bits per heavy atom. The second-order valence-corrected chi connectivity index (χ2v) is 3.09. The molecule has 0 fully saturated rings. The van der Waals surface area contributed by atoms with Crippen molar-refractivity contribution in [3.8, 4) is 0 Å². The Kier molecular flexibility index (Phi) is 5.11. The van der Waals surface area contributed by atoms with Gasteiger partial charge in [-0.3, -0.25) is 9.97 Å². The minimum absolute atomic E-state index is 0.147. The maximum absolute atomic E-state index is 5.13. The van der Waals surface area contributed by atoms with Gasteiger partial charge in [-0.1, -0.05) is 6.92 Å². The second kappa shape index (κ2) is 6.45. The molecule has 0 saturated carbocycles. The highest BCUT2D eigenvalue weighted by atomic mass is 16.5. The van der Waals surface area contributed by atoms with Crippen molar-refractivity contribution in [1.82, 2.24) is 15.3 Å². The number of aromatic nitrogens is 2. The van der Waals surface area contributed by atoms with Crippen LogP contribution in [0.15, 0.2) is 18.6 Å². The van der Waals surface area contributed by atoms with E-state index in [1.807, 2.05) is 0 Å². The number of hydrogen-bond acceptors (Lipinski definition) is 4. The van der Waals surface area contributed by atoms with Crippen LogP contribution in [0.5, 0.6) is 0 Å². The van der Waals surface area contributed by atoms with E-state index in [1.165, 1.54) is 0 Å². The molecule has 1 aromatic rings. The molecule has 14 heavy (non-hydrogen) atoms. The second-order valence-electron chi connectivity index (χ2n) is 3.09. The number of ether oxygens (including phenoxy) is 1. The van der Waals surface area contributed by atoms with Gasteiger partial charge in [-0.25, -0.2) is 0 Å². The van der Waals surface area contributed by atoms with Gasteiger partial charge < -0.3 is 10.1 Å². The Morgan fingerprint density at radius 1 is 1.50 bits per heavy atom. The van der Waals surface area contributed by atoms with Crippen LogP contribution in [0.3, 0.4) is 0 Å². The van der Waals surface area contributed by atoms with E-state index in [0.29, 0.717) is 6.61 Å². The van der Waals surface area contributed by atoms with Gasteiger partial charge >= 0.3 is 0 Å². The molecule has 0 aliphatic carbocycles. The molecular weight excluding hydrogens is 178 g/mol. The van der Waals surface area contributed by atoms with E-state index in [9.17, 15) is 0 Å². The fraction of sp³-hybridized carbons (Fsp3) is 0.600. The molecule has 0 aromatic carbocycles. The number of nitrogens with zero attached hydrogens (tertiary/aromatic N) is 2. The van der Waals surface area contributed by atoms with Crippen molar-refractivity contribution >= 4 is 0 Å². The highest BCUT2D eigenvalue weighted by molar-refractivity contribution is 5.02. The monoisotopic (exact) mass is 195 g/mol. The summed E-state index contributed by atoms with van der Waals surface area (Å²) in [5.74, 6) is 0. The lowest BCUT2D eigenvalue weighted by Gasteiger charge is -2.16. The quantitative estimate of drug-likeness (QED) is 0.740. The van der Waals surface area contributed by atoms with Crippen molar-refractivity contribution in [2.45, 2.75) is 19.4 Å². The molecule has 4 heteroatoms. The Balaban J connectivity index is 2.58. The molecule has 4 nitrogen and oxygen atoms in total. The van der Waals surface area contributed by atoms with Crippen molar-refractivity contribution in [3.05, 3.63) is 24.3 Å². The SMILES string of the molecule is CCCNC(COC)c1cnccn1. The zero-order valence-electron chi connectivity index (χ0n) is 8.73. The standard InChI is InChI=1S/C10H17N3O/c1-3-4-12-10(8-14-2)9-7-11-5-6-13-9/h5-7,10,12H,3-4,8H2,1-2H3. The lowest BCUT2D eigenvalue weighted by Crippen LogP contribution is -2.26. The summed E-state index contributed by atoms with van der Waals surface area (Å²) in [4.78, 5) is 8.28. The predicted molar refractivity (Wildman–Crippen MR) is 54.9 cm³/mol. The summed E-state index contributed by atoms with van der Waals surface area (Å²) in [5, 5.41) is 3.36. The summed E-state index contributed by atoms with van der Waals surface area (Å²) >= 11 is 0. The van der Waals surface area contributed by atoms with Crippen LogP contribution in [-0.2, 0) is 4.74 Å². The molecule has 0 aliphatic rings. The van der Waals surface area contributed by atoms with Gasteiger partial charge in [0, 0.05) is 19.5 Å². The van der Waals surface area contributed by atoms with Crippen molar-refractivity contribution in [2.24, 2.45) is 0 Å². The van der Waals surface area contributed by atoms with E-state index < -0.39 is 0 Å². The molecule has 1 N–H and O–H groups in total. The van der Waals surface area contributed by atoms with Crippen molar-refractivity contribution in [1.29, 1.82) is 0 Å². The topological polar surface area (TPSA) is 47.0 Å². The fourth-order valence-electron chi connectivity index (χ4n) is 1.22. The molecule has 0 bridgehead atoms. The molecule has 1 unspecified atom stereocenters. The highest BCUT2D eigenvalue weighted by Gasteiger charge is 2.10. The molecule has 78 valence electrons. The maximum Gasteiger partial charge on any atom is 0.0779 e. The van der Waals surface area contributed by atoms with Crippen LogP contribution in [0.4, 0.5) is 0 Å². The lowest BCUT2D eigenvalue weighted by atomic mass is 10.2. The van der Waals surface area contributed by atoms with Crippen LogP contribution < -0.4 is 5.32 Å². The van der Waals surface area contributed by atoms with Gasteiger partial charge in [0.1, 0.15) is 0 Å². The van der Waals surface area contributed by atoms with E-state index in [-0.39, 0.29) is 6.04 Å². The number of rotatable bonds is 6. The van der Waals surface area contributed by atoms with Gasteiger partial charge in [0.15, 0.2) is 0 Å². The summed E-state index contributed by atoms with van der Waals surface area (Å²) in [7, 11) is 1.69. The van der Waals surface area contributed by atoms with Crippen LogP contribution in [-0.4, -0.2) is 30.2 Å². The van der Waals surface area contributed by atoms with Crippen LogP contribution in [0.2, 0.25) is 0 Å².